The van der Waals surface area contributed by atoms with Crippen molar-refractivity contribution in [3.63, 3.8) is 0 Å². The van der Waals surface area contributed by atoms with Gasteiger partial charge in [-0.25, -0.2) is 0 Å². The molecular formula is C29H28BrClN4O2S. The van der Waals surface area contributed by atoms with Crippen molar-refractivity contribution in [3.05, 3.63) is 105 Å². The quantitative estimate of drug-likeness (QED) is 0.169. The molecule has 1 aliphatic rings. The molecule has 6 nitrogen and oxygen atoms in total. The smallest absolute Gasteiger partial charge is 0.174 e. The summed E-state index contributed by atoms with van der Waals surface area (Å²) in [6.45, 7) is 5.19. The number of pyridine rings is 1. The van der Waals surface area contributed by atoms with Crippen molar-refractivity contribution in [2.24, 2.45) is 0 Å². The second-order valence-electron chi connectivity index (χ2n) is 9.09. The molecule has 0 aliphatic carbocycles. The number of methoxy groups -OCH3 is 1. The van der Waals surface area contributed by atoms with Gasteiger partial charge in [0.05, 0.1) is 29.4 Å². The third-order valence-electron chi connectivity index (χ3n) is 6.71. The fourth-order valence-electron chi connectivity index (χ4n) is 5.02. The van der Waals surface area contributed by atoms with Gasteiger partial charge in [0.2, 0.25) is 0 Å². The molecule has 38 heavy (non-hydrogen) atoms. The fourth-order valence-corrected chi connectivity index (χ4v) is 5.85. The van der Waals surface area contributed by atoms with Crippen molar-refractivity contribution in [2.45, 2.75) is 25.9 Å². The highest BCUT2D eigenvalue weighted by Crippen LogP contribution is 2.45. The summed E-state index contributed by atoms with van der Waals surface area (Å²) in [7, 11) is 1.64. The Kier molecular flexibility index (Phi) is 8.04. The van der Waals surface area contributed by atoms with Crippen molar-refractivity contribution in [2.75, 3.05) is 25.2 Å². The van der Waals surface area contributed by atoms with E-state index in [0.29, 0.717) is 29.1 Å². The van der Waals surface area contributed by atoms with Gasteiger partial charge in [0, 0.05) is 40.5 Å². The molecule has 2 aromatic heterocycles. The van der Waals surface area contributed by atoms with Crippen LogP contribution in [0.5, 0.6) is 5.75 Å². The van der Waals surface area contributed by atoms with E-state index >= 15 is 0 Å². The van der Waals surface area contributed by atoms with Crippen LogP contribution < -0.4 is 15.0 Å². The zero-order valence-electron chi connectivity index (χ0n) is 21.3. The van der Waals surface area contributed by atoms with Crippen LogP contribution in [0, 0.1) is 13.8 Å². The van der Waals surface area contributed by atoms with Gasteiger partial charge in [-0.3, -0.25) is 4.98 Å². The van der Waals surface area contributed by atoms with Crippen LogP contribution in [0.4, 0.5) is 5.69 Å². The van der Waals surface area contributed by atoms with E-state index in [9.17, 15) is 0 Å². The van der Waals surface area contributed by atoms with Crippen molar-refractivity contribution in [1.82, 2.24) is 14.9 Å². The van der Waals surface area contributed by atoms with Crippen LogP contribution in [0.25, 0.3) is 5.69 Å². The molecule has 0 unspecified atom stereocenters. The average Bonchev–Trinajstić information content (AvgIpc) is 3.41. The van der Waals surface area contributed by atoms with Crippen LogP contribution in [-0.4, -0.2) is 35.0 Å². The highest BCUT2D eigenvalue weighted by Gasteiger charge is 2.42. The van der Waals surface area contributed by atoms with Crippen LogP contribution in [0.1, 0.15) is 34.7 Å². The summed E-state index contributed by atoms with van der Waals surface area (Å²) in [5.41, 5.74) is 6.33. The number of hydrogen-bond acceptors (Lipinski definition) is 4. The molecule has 1 fully saturated rings. The number of nitrogens with one attached hydrogen (secondary N) is 1. The SMILES string of the molecule is COCCOc1ccc(N2C(=S)N[C@@H](c3ccccn3)[C@H]2c2cc(C)n(-c3ccc(Br)cc3)c2C)cc1Cl. The molecule has 1 N–H and O–H groups in total. The molecule has 2 aromatic carbocycles. The number of aryl methyl sites for hydroxylation is 1. The summed E-state index contributed by atoms with van der Waals surface area (Å²) in [6, 6.07) is 22.0. The Labute approximate surface area is 241 Å². The average molecular weight is 612 g/mol. The lowest BCUT2D eigenvalue weighted by Gasteiger charge is -2.28. The second-order valence-corrected chi connectivity index (χ2v) is 10.8. The van der Waals surface area contributed by atoms with Gasteiger partial charge in [-0.05, 0) is 92.3 Å². The number of halogens is 2. The summed E-state index contributed by atoms with van der Waals surface area (Å²) in [5.74, 6) is 0.608. The van der Waals surface area contributed by atoms with Gasteiger partial charge in [-0.15, -0.1) is 0 Å². The van der Waals surface area contributed by atoms with E-state index < -0.39 is 0 Å². The van der Waals surface area contributed by atoms with E-state index in [-0.39, 0.29) is 12.1 Å². The summed E-state index contributed by atoms with van der Waals surface area (Å²) in [4.78, 5) is 6.81. The normalized spacial score (nSPS) is 17.1. The highest BCUT2D eigenvalue weighted by molar-refractivity contribution is 9.10. The molecule has 196 valence electrons. The lowest BCUT2D eigenvalue weighted by Crippen LogP contribution is -2.29. The van der Waals surface area contributed by atoms with Crippen LogP contribution in [0.3, 0.4) is 0 Å². The molecule has 0 saturated carbocycles. The highest BCUT2D eigenvalue weighted by atomic mass is 79.9. The monoisotopic (exact) mass is 610 g/mol. The van der Waals surface area contributed by atoms with E-state index in [1.165, 1.54) is 0 Å². The number of ether oxygens (including phenoxy) is 2. The van der Waals surface area contributed by atoms with Gasteiger partial charge in [-0.1, -0.05) is 33.6 Å². The first kappa shape index (κ1) is 26.7. The zero-order valence-corrected chi connectivity index (χ0v) is 24.5. The molecule has 1 saturated heterocycles. The van der Waals surface area contributed by atoms with Gasteiger partial charge in [0.1, 0.15) is 12.4 Å². The van der Waals surface area contributed by atoms with E-state index in [2.05, 4.69) is 79.9 Å². The molecule has 9 heteroatoms. The minimum Gasteiger partial charge on any atom is -0.490 e. The number of benzene rings is 2. The predicted molar refractivity (Wildman–Crippen MR) is 160 cm³/mol. The molecule has 0 bridgehead atoms. The van der Waals surface area contributed by atoms with Crippen molar-refractivity contribution >= 4 is 50.5 Å². The summed E-state index contributed by atoms with van der Waals surface area (Å²) < 4.78 is 14.2. The topological polar surface area (TPSA) is 51.6 Å². The number of nitrogens with zero attached hydrogens (tertiary/aromatic N) is 3. The Morgan fingerprint density at radius 2 is 1.79 bits per heavy atom. The molecule has 5 rings (SSSR count). The molecular weight excluding hydrogens is 584 g/mol. The molecule has 0 amide bonds. The first-order valence-corrected chi connectivity index (χ1v) is 13.8. The van der Waals surface area contributed by atoms with Gasteiger partial charge >= 0.3 is 0 Å². The van der Waals surface area contributed by atoms with Gasteiger partial charge in [0.25, 0.3) is 0 Å². The lowest BCUT2D eigenvalue weighted by atomic mass is 9.96. The summed E-state index contributed by atoms with van der Waals surface area (Å²) >= 11 is 16.1. The molecule has 3 heterocycles. The van der Waals surface area contributed by atoms with Crippen LogP contribution in [0.15, 0.2) is 77.4 Å². The third kappa shape index (κ3) is 5.18. The molecule has 4 aromatic rings. The van der Waals surface area contributed by atoms with Gasteiger partial charge in [0.15, 0.2) is 5.11 Å². The largest absolute Gasteiger partial charge is 0.490 e. The first-order valence-electron chi connectivity index (χ1n) is 12.3. The van der Waals surface area contributed by atoms with E-state index in [1.807, 2.05) is 42.6 Å². The fraction of sp³-hybridized carbons (Fsp3) is 0.241. The maximum Gasteiger partial charge on any atom is 0.174 e. The Hall–Kier alpha value is -2.91. The number of anilines is 1. The summed E-state index contributed by atoms with van der Waals surface area (Å²) in [6.07, 6.45) is 1.81. The van der Waals surface area contributed by atoms with Crippen molar-refractivity contribution in [1.29, 1.82) is 0 Å². The minimum atomic E-state index is -0.154. The Morgan fingerprint density at radius 1 is 1.03 bits per heavy atom. The maximum atomic E-state index is 6.66. The van der Waals surface area contributed by atoms with E-state index in [1.54, 1.807) is 7.11 Å². The standard InChI is InChI=1S/C29H28BrClN4O2S/c1-18-16-23(19(2)34(18)21-9-7-20(30)8-10-21)28-27(25-6-4-5-13-32-25)33-29(38)35(28)22-11-12-26(24(31)17-22)37-15-14-36-3/h4-13,16-17,27-28H,14-15H2,1-3H3,(H,33,38)/t27-,28+/m0/s1. The molecule has 2 atom stereocenters. The van der Waals surface area contributed by atoms with Crippen LogP contribution >= 0.6 is 39.7 Å². The second kappa shape index (κ2) is 11.5. The summed E-state index contributed by atoms with van der Waals surface area (Å²) in [5, 5.41) is 4.66. The first-order chi connectivity index (χ1) is 18.4. The van der Waals surface area contributed by atoms with E-state index in [4.69, 9.17) is 33.3 Å². The Morgan fingerprint density at radius 3 is 2.47 bits per heavy atom. The minimum absolute atomic E-state index is 0.149. The Balaban J connectivity index is 1.60. The lowest BCUT2D eigenvalue weighted by molar-refractivity contribution is 0.146. The van der Waals surface area contributed by atoms with Crippen molar-refractivity contribution in [3.8, 4) is 11.4 Å². The third-order valence-corrected chi connectivity index (χ3v) is 7.85. The Bertz CT molecular complexity index is 1450. The number of hydrogen-bond donors (Lipinski definition) is 1. The van der Waals surface area contributed by atoms with Crippen LogP contribution in [-0.2, 0) is 4.74 Å². The molecule has 0 spiro atoms. The number of aromatic nitrogens is 2. The number of thiocarbonyl (C=S) groups is 1. The van der Waals surface area contributed by atoms with Gasteiger partial charge < -0.3 is 24.3 Å². The molecule has 0 radical (unpaired) electrons. The maximum absolute atomic E-state index is 6.66. The molecule has 1 aliphatic heterocycles. The zero-order chi connectivity index (χ0) is 26.8. The van der Waals surface area contributed by atoms with Gasteiger partial charge in [-0.2, -0.15) is 0 Å². The van der Waals surface area contributed by atoms with Crippen molar-refractivity contribution < 1.29 is 9.47 Å². The predicted octanol–water partition coefficient (Wildman–Crippen LogP) is 7.11. The number of rotatable bonds is 8. The van der Waals surface area contributed by atoms with Crippen LogP contribution in [0.2, 0.25) is 5.02 Å². The van der Waals surface area contributed by atoms with E-state index in [0.717, 1.165) is 38.5 Å².